The predicted molar refractivity (Wildman–Crippen MR) is 64.5 cm³/mol. The highest BCUT2D eigenvalue weighted by atomic mass is 19.1. The van der Waals surface area contributed by atoms with Crippen LogP contribution in [0.1, 0.15) is 22.7 Å². The van der Waals surface area contributed by atoms with E-state index in [1.54, 1.807) is 24.5 Å². The molecule has 1 aromatic heterocycles. The Kier molecular flexibility index (Phi) is 3.46. The summed E-state index contributed by atoms with van der Waals surface area (Å²) in [6.07, 6.45) is 3.32. The molecule has 0 aliphatic carbocycles. The molecule has 0 fully saturated rings. The normalized spacial score (nSPS) is 12.4. The first kappa shape index (κ1) is 11.7. The average molecular weight is 231 g/mol. The fraction of sp³-hybridized carbons (Fsp3) is 0.154. The molecule has 1 heterocycles. The molecule has 0 amide bonds. The summed E-state index contributed by atoms with van der Waals surface area (Å²) in [5.41, 5.74) is 5.05. The highest BCUT2D eigenvalue weighted by molar-refractivity contribution is 5.34. The van der Waals surface area contributed by atoms with E-state index >= 15 is 0 Å². The second-order valence-corrected chi connectivity index (χ2v) is 3.91. The highest BCUT2D eigenvalue weighted by Crippen LogP contribution is 2.24. The lowest BCUT2D eigenvalue weighted by molar-refractivity contribution is 0.559. The Morgan fingerprint density at radius 1 is 1.24 bits per heavy atom. The molecule has 17 heavy (non-hydrogen) atoms. The minimum absolute atomic E-state index is 0.268. The van der Waals surface area contributed by atoms with Gasteiger partial charge in [-0.25, -0.2) is 9.82 Å². The SMILES string of the molecule is Cc1ccc(F)c(C(NN)c2ccncc2)c1. The molecule has 88 valence electrons. The first-order chi connectivity index (χ1) is 8.22. The number of nitrogens with one attached hydrogen (secondary N) is 1. The summed E-state index contributed by atoms with van der Waals surface area (Å²) in [4.78, 5) is 3.93. The van der Waals surface area contributed by atoms with Gasteiger partial charge in [-0.2, -0.15) is 0 Å². The van der Waals surface area contributed by atoms with E-state index in [2.05, 4.69) is 10.4 Å². The number of hydrogen-bond acceptors (Lipinski definition) is 3. The molecule has 1 atom stereocenters. The van der Waals surface area contributed by atoms with Crippen LogP contribution in [0.5, 0.6) is 0 Å². The molecule has 0 aliphatic heterocycles. The number of nitrogens with zero attached hydrogens (tertiary/aromatic N) is 1. The average Bonchev–Trinajstić information content (AvgIpc) is 2.36. The van der Waals surface area contributed by atoms with Crippen molar-refractivity contribution in [1.29, 1.82) is 0 Å². The van der Waals surface area contributed by atoms with Crippen LogP contribution in [0, 0.1) is 12.7 Å². The summed E-state index contributed by atoms with van der Waals surface area (Å²) in [6.45, 7) is 1.92. The molecule has 0 bridgehead atoms. The lowest BCUT2D eigenvalue weighted by atomic mass is 9.98. The van der Waals surface area contributed by atoms with Gasteiger partial charge in [-0.1, -0.05) is 17.7 Å². The third-order valence-electron chi connectivity index (χ3n) is 2.67. The topological polar surface area (TPSA) is 50.9 Å². The van der Waals surface area contributed by atoms with Crippen LogP contribution < -0.4 is 11.3 Å². The zero-order chi connectivity index (χ0) is 12.3. The molecule has 0 saturated heterocycles. The highest BCUT2D eigenvalue weighted by Gasteiger charge is 2.16. The molecule has 3 nitrogen and oxygen atoms in total. The fourth-order valence-electron chi connectivity index (χ4n) is 1.81. The largest absolute Gasteiger partial charge is 0.271 e. The van der Waals surface area contributed by atoms with Crippen molar-refractivity contribution in [2.24, 2.45) is 5.84 Å². The van der Waals surface area contributed by atoms with Crippen molar-refractivity contribution >= 4 is 0 Å². The van der Waals surface area contributed by atoms with Crippen molar-refractivity contribution in [2.45, 2.75) is 13.0 Å². The second-order valence-electron chi connectivity index (χ2n) is 3.91. The van der Waals surface area contributed by atoms with Gasteiger partial charge < -0.3 is 0 Å². The Labute approximate surface area is 99.5 Å². The van der Waals surface area contributed by atoms with E-state index in [4.69, 9.17) is 5.84 Å². The Morgan fingerprint density at radius 3 is 2.59 bits per heavy atom. The number of hydrogen-bond donors (Lipinski definition) is 2. The van der Waals surface area contributed by atoms with E-state index < -0.39 is 0 Å². The summed E-state index contributed by atoms with van der Waals surface area (Å²) in [5, 5.41) is 0. The standard InChI is InChI=1S/C13H14FN3/c1-9-2-3-12(14)11(8-9)13(17-15)10-4-6-16-7-5-10/h2-8,13,17H,15H2,1H3. The lowest BCUT2D eigenvalue weighted by Crippen LogP contribution is -2.29. The Hall–Kier alpha value is -1.78. The smallest absolute Gasteiger partial charge is 0.128 e. The van der Waals surface area contributed by atoms with Crippen molar-refractivity contribution < 1.29 is 4.39 Å². The summed E-state index contributed by atoms with van der Waals surface area (Å²) in [6, 6.07) is 8.24. The number of aryl methyl sites for hydroxylation is 1. The molecular formula is C13H14FN3. The van der Waals surface area contributed by atoms with Crippen molar-refractivity contribution in [3.8, 4) is 0 Å². The number of rotatable bonds is 3. The van der Waals surface area contributed by atoms with Crippen LogP contribution in [0.25, 0.3) is 0 Å². The third kappa shape index (κ3) is 2.49. The van der Waals surface area contributed by atoms with Crippen molar-refractivity contribution in [1.82, 2.24) is 10.4 Å². The van der Waals surface area contributed by atoms with Crippen LogP contribution in [-0.4, -0.2) is 4.98 Å². The molecule has 4 heteroatoms. The van der Waals surface area contributed by atoms with Gasteiger partial charge in [-0.15, -0.1) is 0 Å². The van der Waals surface area contributed by atoms with E-state index in [9.17, 15) is 4.39 Å². The summed E-state index contributed by atoms with van der Waals surface area (Å²) in [7, 11) is 0. The predicted octanol–water partition coefficient (Wildman–Crippen LogP) is 2.08. The first-order valence-electron chi connectivity index (χ1n) is 5.34. The van der Waals surface area contributed by atoms with E-state index in [1.807, 2.05) is 19.1 Å². The minimum Gasteiger partial charge on any atom is -0.271 e. The first-order valence-corrected chi connectivity index (χ1v) is 5.34. The minimum atomic E-state index is -0.363. The van der Waals surface area contributed by atoms with Gasteiger partial charge in [0.05, 0.1) is 6.04 Å². The number of benzene rings is 1. The number of nitrogens with two attached hydrogens (primary N) is 1. The van der Waals surface area contributed by atoms with Gasteiger partial charge in [0.2, 0.25) is 0 Å². The van der Waals surface area contributed by atoms with Gasteiger partial charge >= 0.3 is 0 Å². The maximum Gasteiger partial charge on any atom is 0.128 e. The zero-order valence-corrected chi connectivity index (χ0v) is 9.52. The maximum atomic E-state index is 13.8. The molecule has 0 radical (unpaired) electrons. The van der Waals surface area contributed by atoms with E-state index in [0.29, 0.717) is 5.56 Å². The molecule has 0 spiro atoms. The van der Waals surface area contributed by atoms with Gasteiger partial charge in [0.1, 0.15) is 5.82 Å². The van der Waals surface area contributed by atoms with Crippen molar-refractivity contribution in [3.05, 3.63) is 65.2 Å². The van der Waals surface area contributed by atoms with Crippen LogP contribution in [0.2, 0.25) is 0 Å². The van der Waals surface area contributed by atoms with Gasteiger partial charge in [-0.05, 0) is 30.7 Å². The molecule has 2 aromatic rings. The fourth-order valence-corrected chi connectivity index (χ4v) is 1.81. The zero-order valence-electron chi connectivity index (χ0n) is 9.52. The monoisotopic (exact) mass is 231 g/mol. The molecule has 2 rings (SSSR count). The number of hydrazine groups is 1. The van der Waals surface area contributed by atoms with Gasteiger partial charge in [0.15, 0.2) is 0 Å². The van der Waals surface area contributed by atoms with Crippen LogP contribution in [0.4, 0.5) is 4.39 Å². The molecule has 0 aliphatic rings. The summed E-state index contributed by atoms with van der Waals surface area (Å²) < 4.78 is 13.8. The van der Waals surface area contributed by atoms with Crippen molar-refractivity contribution in [2.75, 3.05) is 0 Å². The molecular weight excluding hydrogens is 217 g/mol. The third-order valence-corrected chi connectivity index (χ3v) is 2.67. The van der Waals surface area contributed by atoms with Gasteiger partial charge in [0, 0.05) is 18.0 Å². The van der Waals surface area contributed by atoms with Crippen LogP contribution >= 0.6 is 0 Å². The quantitative estimate of drug-likeness (QED) is 0.628. The van der Waals surface area contributed by atoms with Crippen LogP contribution in [0.3, 0.4) is 0 Å². The van der Waals surface area contributed by atoms with Gasteiger partial charge in [0.25, 0.3) is 0 Å². The molecule has 3 N–H and O–H groups in total. The van der Waals surface area contributed by atoms with Crippen molar-refractivity contribution in [3.63, 3.8) is 0 Å². The second kappa shape index (κ2) is 5.03. The van der Waals surface area contributed by atoms with Crippen LogP contribution in [0.15, 0.2) is 42.7 Å². The number of halogens is 1. The Morgan fingerprint density at radius 2 is 1.94 bits per heavy atom. The number of aromatic nitrogens is 1. The Balaban J connectivity index is 2.46. The molecule has 1 aromatic carbocycles. The van der Waals surface area contributed by atoms with Gasteiger partial charge in [-0.3, -0.25) is 10.8 Å². The summed E-state index contributed by atoms with van der Waals surface area (Å²) in [5.74, 6) is 5.25. The maximum absolute atomic E-state index is 13.8. The molecule has 0 saturated carbocycles. The summed E-state index contributed by atoms with van der Waals surface area (Å²) >= 11 is 0. The van der Waals surface area contributed by atoms with E-state index in [1.165, 1.54) is 6.07 Å². The Bertz CT molecular complexity index is 499. The number of pyridine rings is 1. The van der Waals surface area contributed by atoms with E-state index in [-0.39, 0.29) is 11.9 Å². The van der Waals surface area contributed by atoms with E-state index in [0.717, 1.165) is 11.1 Å². The lowest BCUT2D eigenvalue weighted by Gasteiger charge is -2.17. The molecule has 1 unspecified atom stereocenters. The van der Waals surface area contributed by atoms with Crippen LogP contribution in [-0.2, 0) is 0 Å².